The Morgan fingerprint density at radius 2 is 2.06 bits per heavy atom. The lowest BCUT2D eigenvalue weighted by Gasteiger charge is -2.17. The molecule has 0 aromatic carbocycles. The fourth-order valence-corrected chi connectivity index (χ4v) is 2.27. The molecule has 0 aliphatic heterocycles. The maximum atomic E-state index is 5.39. The number of hydrogen-bond donors (Lipinski definition) is 3. The molecule has 2 rings (SSSR count). The summed E-state index contributed by atoms with van der Waals surface area (Å²) in [5, 5.41) is 3.43. The number of nitrogen functional groups attached to an aromatic ring is 1. The van der Waals surface area contributed by atoms with E-state index in [-0.39, 0.29) is 0 Å². The molecule has 0 saturated heterocycles. The highest BCUT2D eigenvalue weighted by Crippen LogP contribution is 2.49. The second kappa shape index (κ2) is 4.87. The van der Waals surface area contributed by atoms with Crippen molar-refractivity contribution in [2.75, 3.05) is 17.3 Å². The quantitative estimate of drug-likeness (QED) is 0.520. The number of nitrogens with two attached hydrogens (primary N) is 1. The summed E-state index contributed by atoms with van der Waals surface area (Å²) in [5.41, 5.74) is 4.07. The van der Waals surface area contributed by atoms with Crippen LogP contribution in [-0.4, -0.2) is 16.5 Å². The Morgan fingerprint density at radius 1 is 1.35 bits per heavy atom. The summed E-state index contributed by atoms with van der Waals surface area (Å²) in [5.74, 6) is 6.96. The minimum Gasteiger partial charge on any atom is -0.369 e. The Morgan fingerprint density at radius 3 is 2.65 bits per heavy atom. The zero-order valence-electron chi connectivity index (χ0n) is 10.6. The molecule has 0 atom stereocenters. The highest BCUT2D eigenvalue weighted by molar-refractivity contribution is 5.55. The van der Waals surface area contributed by atoms with Gasteiger partial charge < -0.3 is 10.7 Å². The fraction of sp³-hybridized carbons (Fsp3) is 0.667. The molecule has 1 aliphatic rings. The van der Waals surface area contributed by atoms with Crippen LogP contribution < -0.4 is 16.6 Å². The highest BCUT2D eigenvalue weighted by Gasteiger charge is 2.41. The Labute approximate surface area is 102 Å². The number of hydrazine groups is 1. The number of aromatic nitrogens is 2. The number of nitrogens with zero attached hydrogens (tertiary/aromatic N) is 2. The lowest BCUT2D eigenvalue weighted by Crippen LogP contribution is -2.18. The maximum absolute atomic E-state index is 5.39. The Balaban J connectivity index is 1.99. The van der Waals surface area contributed by atoms with E-state index in [0.717, 1.165) is 17.9 Å². The predicted octanol–water partition coefficient (Wildman–Crippen LogP) is 2.06. The van der Waals surface area contributed by atoms with E-state index in [0.29, 0.717) is 11.2 Å². The largest absolute Gasteiger partial charge is 0.369 e. The van der Waals surface area contributed by atoms with Gasteiger partial charge in [0.05, 0.1) is 0 Å². The van der Waals surface area contributed by atoms with Crippen molar-refractivity contribution in [2.24, 2.45) is 11.3 Å². The molecule has 4 N–H and O–H groups in total. The molecule has 1 fully saturated rings. The van der Waals surface area contributed by atoms with Gasteiger partial charge in [0.25, 0.3) is 0 Å². The van der Waals surface area contributed by atoms with Crippen LogP contribution in [0.3, 0.4) is 0 Å². The molecule has 1 saturated carbocycles. The van der Waals surface area contributed by atoms with Crippen molar-refractivity contribution in [2.45, 2.75) is 39.5 Å². The number of rotatable bonds is 6. The molecule has 0 amide bonds. The van der Waals surface area contributed by atoms with E-state index in [9.17, 15) is 0 Å². The molecule has 0 spiro atoms. The van der Waals surface area contributed by atoms with Gasteiger partial charge >= 0.3 is 0 Å². The second-order valence-corrected chi connectivity index (χ2v) is 4.94. The molecule has 5 nitrogen and oxygen atoms in total. The van der Waals surface area contributed by atoms with Crippen molar-refractivity contribution in [1.29, 1.82) is 0 Å². The van der Waals surface area contributed by atoms with E-state index in [1.54, 1.807) is 0 Å². The lowest BCUT2D eigenvalue weighted by atomic mass is 10.0. The summed E-state index contributed by atoms with van der Waals surface area (Å²) in [4.78, 5) is 8.33. The Kier molecular flexibility index (Phi) is 3.47. The van der Waals surface area contributed by atoms with Crippen molar-refractivity contribution in [1.82, 2.24) is 9.97 Å². The molecule has 0 unspecified atom stereocenters. The third-order valence-electron chi connectivity index (χ3n) is 3.59. The minimum atomic E-state index is 0.516. The number of hydrogen-bond acceptors (Lipinski definition) is 5. The first-order valence-corrected chi connectivity index (χ1v) is 6.23. The molecular formula is C12H21N5. The topological polar surface area (TPSA) is 75.9 Å². The standard InChI is InChI=1S/C12H21N5/c1-3-4-12(5-6-12)7-14-10-9(2)11(17-13)16-8-15-10/h8H,3-7,13H2,1-2H3,(H2,14,15,16,17). The van der Waals surface area contributed by atoms with Gasteiger partial charge in [-0.15, -0.1) is 0 Å². The van der Waals surface area contributed by atoms with Gasteiger partial charge in [-0.2, -0.15) is 0 Å². The Hall–Kier alpha value is -1.36. The molecule has 1 heterocycles. The van der Waals surface area contributed by atoms with Crippen LogP contribution in [0.5, 0.6) is 0 Å². The van der Waals surface area contributed by atoms with Crippen LogP contribution in [0.15, 0.2) is 6.33 Å². The van der Waals surface area contributed by atoms with E-state index in [1.165, 1.54) is 32.0 Å². The SMILES string of the molecule is CCCC1(CNc2ncnc(NN)c2C)CC1. The molecule has 1 aromatic rings. The van der Waals surface area contributed by atoms with Crippen molar-refractivity contribution < 1.29 is 0 Å². The van der Waals surface area contributed by atoms with Gasteiger partial charge in [-0.3, -0.25) is 0 Å². The van der Waals surface area contributed by atoms with Crippen molar-refractivity contribution in [3.05, 3.63) is 11.9 Å². The van der Waals surface area contributed by atoms with Crippen LogP contribution >= 0.6 is 0 Å². The van der Waals surface area contributed by atoms with Crippen LogP contribution in [0.25, 0.3) is 0 Å². The van der Waals surface area contributed by atoms with Crippen molar-refractivity contribution in [3.8, 4) is 0 Å². The van der Waals surface area contributed by atoms with Crippen LogP contribution in [-0.2, 0) is 0 Å². The summed E-state index contributed by atoms with van der Waals surface area (Å²) in [6, 6.07) is 0. The molecule has 1 aliphatic carbocycles. The zero-order chi connectivity index (χ0) is 12.3. The first kappa shape index (κ1) is 12.1. The van der Waals surface area contributed by atoms with Gasteiger partial charge in [0.1, 0.15) is 18.0 Å². The van der Waals surface area contributed by atoms with E-state index < -0.39 is 0 Å². The van der Waals surface area contributed by atoms with Crippen LogP contribution in [0, 0.1) is 12.3 Å². The molecule has 17 heavy (non-hydrogen) atoms. The zero-order valence-corrected chi connectivity index (χ0v) is 10.6. The second-order valence-electron chi connectivity index (χ2n) is 4.94. The van der Waals surface area contributed by atoms with Gasteiger partial charge in [-0.1, -0.05) is 13.3 Å². The summed E-state index contributed by atoms with van der Waals surface area (Å²) in [6.07, 6.45) is 6.75. The van der Waals surface area contributed by atoms with Crippen molar-refractivity contribution >= 4 is 11.6 Å². The molecule has 0 radical (unpaired) electrons. The number of nitrogens with one attached hydrogen (secondary N) is 2. The molecule has 5 heteroatoms. The summed E-state index contributed by atoms with van der Waals surface area (Å²) in [6.45, 7) is 5.21. The summed E-state index contributed by atoms with van der Waals surface area (Å²) < 4.78 is 0. The Bertz CT molecular complexity index is 386. The molecular weight excluding hydrogens is 214 g/mol. The van der Waals surface area contributed by atoms with Gasteiger partial charge in [0, 0.05) is 12.1 Å². The maximum Gasteiger partial charge on any atom is 0.148 e. The summed E-state index contributed by atoms with van der Waals surface area (Å²) >= 11 is 0. The smallest absolute Gasteiger partial charge is 0.148 e. The van der Waals surface area contributed by atoms with Gasteiger partial charge in [0.15, 0.2) is 0 Å². The van der Waals surface area contributed by atoms with Crippen LogP contribution in [0.1, 0.15) is 38.2 Å². The average Bonchev–Trinajstić information content (AvgIpc) is 3.09. The third-order valence-corrected chi connectivity index (χ3v) is 3.59. The molecule has 0 bridgehead atoms. The predicted molar refractivity (Wildman–Crippen MR) is 69.6 cm³/mol. The summed E-state index contributed by atoms with van der Waals surface area (Å²) in [7, 11) is 0. The van der Waals surface area contributed by atoms with E-state index in [4.69, 9.17) is 5.84 Å². The van der Waals surface area contributed by atoms with Crippen molar-refractivity contribution in [3.63, 3.8) is 0 Å². The van der Waals surface area contributed by atoms with E-state index >= 15 is 0 Å². The van der Waals surface area contributed by atoms with E-state index in [1.807, 2.05) is 6.92 Å². The van der Waals surface area contributed by atoms with Gasteiger partial charge in [-0.05, 0) is 31.6 Å². The number of anilines is 2. The first-order valence-electron chi connectivity index (χ1n) is 6.23. The minimum absolute atomic E-state index is 0.516. The first-order chi connectivity index (χ1) is 8.21. The average molecular weight is 235 g/mol. The normalized spacial score (nSPS) is 16.6. The van der Waals surface area contributed by atoms with Crippen LogP contribution in [0.2, 0.25) is 0 Å². The lowest BCUT2D eigenvalue weighted by molar-refractivity contribution is 0.485. The highest BCUT2D eigenvalue weighted by atomic mass is 15.3. The van der Waals surface area contributed by atoms with Crippen LogP contribution in [0.4, 0.5) is 11.6 Å². The monoisotopic (exact) mass is 235 g/mol. The third kappa shape index (κ3) is 2.66. The molecule has 94 valence electrons. The van der Waals surface area contributed by atoms with Gasteiger partial charge in [-0.25, -0.2) is 15.8 Å². The van der Waals surface area contributed by atoms with Gasteiger partial charge in [0.2, 0.25) is 0 Å². The molecule has 1 aromatic heterocycles. The van der Waals surface area contributed by atoms with E-state index in [2.05, 4.69) is 27.6 Å². The fourth-order valence-electron chi connectivity index (χ4n) is 2.27.